The molecule has 0 bridgehead atoms. The third-order valence-electron chi connectivity index (χ3n) is 6.10. The molecule has 0 spiro atoms. The summed E-state index contributed by atoms with van der Waals surface area (Å²) in [4.78, 5) is 19.4. The first-order valence-corrected chi connectivity index (χ1v) is 11.1. The lowest BCUT2D eigenvalue weighted by molar-refractivity contribution is 0.0841. The first-order valence-electron chi connectivity index (χ1n) is 11.1. The van der Waals surface area contributed by atoms with E-state index < -0.39 is 6.10 Å². The van der Waals surface area contributed by atoms with E-state index in [9.17, 15) is 9.90 Å². The molecule has 0 radical (unpaired) electrons. The Morgan fingerprint density at radius 2 is 2.06 bits per heavy atom. The summed E-state index contributed by atoms with van der Waals surface area (Å²) in [6.45, 7) is 5.90. The number of pyridine rings is 1. The van der Waals surface area contributed by atoms with Crippen molar-refractivity contribution in [3.63, 3.8) is 0 Å². The smallest absolute Gasteiger partial charge is 0.251 e. The Hall–Kier alpha value is -2.48. The minimum Gasteiger partial charge on any atom is -0.390 e. The predicted octanol–water partition coefficient (Wildman–Crippen LogP) is 2.13. The maximum Gasteiger partial charge on any atom is 0.251 e. The molecule has 1 fully saturated rings. The number of aryl methyl sites for hydroxylation is 1. The molecule has 0 saturated carbocycles. The lowest BCUT2D eigenvalue weighted by Crippen LogP contribution is -2.42. The molecular formula is C24H32N4O3. The van der Waals surface area contributed by atoms with Gasteiger partial charge in [-0.05, 0) is 48.9 Å². The van der Waals surface area contributed by atoms with Crippen LogP contribution in [0.15, 0.2) is 36.5 Å². The summed E-state index contributed by atoms with van der Waals surface area (Å²) in [5, 5.41) is 16.8. The number of rotatable bonds is 7. The number of aliphatic hydroxyl groups is 1. The molecule has 1 aromatic heterocycles. The molecule has 31 heavy (non-hydrogen) atoms. The highest BCUT2D eigenvalue weighted by atomic mass is 16.5. The van der Waals surface area contributed by atoms with Crippen molar-refractivity contribution in [2.24, 2.45) is 0 Å². The van der Waals surface area contributed by atoms with Gasteiger partial charge in [0.25, 0.3) is 5.91 Å². The van der Waals surface area contributed by atoms with Gasteiger partial charge in [0, 0.05) is 57.2 Å². The maximum atomic E-state index is 12.8. The monoisotopic (exact) mass is 424 g/mol. The molecular weight excluding hydrogens is 392 g/mol. The van der Waals surface area contributed by atoms with Gasteiger partial charge in [0.1, 0.15) is 5.82 Å². The summed E-state index contributed by atoms with van der Waals surface area (Å²) >= 11 is 0. The van der Waals surface area contributed by atoms with Crippen molar-refractivity contribution in [1.29, 1.82) is 0 Å². The first-order chi connectivity index (χ1) is 15.1. The summed E-state index contributed by atoms with van der Waals surface area (Å²) in [6.07, 6.45) is 3.97. The van der Waals surface area contributed by atoms with Gasteiger partial charge in [0.05, 0.1) is 6.10 Å². The summed E-state index contributed by atoms with van der Waals surface area (Å²) in [5.74, 6) is 0.521. The Bertz CT molecular complexity index is 898. The highest BCUT2D eigenvalue weighted by Crippen LogP contribution is 2.19. The number of carbonyl (C=O) groups excluding carboxylic acids is 1. The number of aromatic nitrogens is 1. The zero-order valence-corrected chi connectivity index (χ0v) is 18.1. The van der Waals surface area contributed by atoms with E-state index in [1.165, 1.54) is 11.1 Å². The fourth-order valence-electron chi connectivity index (χ4n) is 4.28. The average Bonchev–Trinajstić information content (AvgIpc) is 2.79. The highest BCUT2D eigenvalue weighted by Gasteiger charge is 2.20. The summed E-state index contributed by atoms with van der Waals surface area (Å²) < 4.78 is 5.39. The number of carbonyl (C=O) groups is 1. The van der Waals surface area contributed by atoms with Gasteiger partial charge in [0.2, 0.25) is 0 Å². The number of aliphatic hydroxyl groups excluding tert-OH is 1. The van der Waals surface area contributed by atoms with Gasteiger partial charge in [-0.15, -0.1) is 0 Å². The van der Waals surface area contributed by atoms with Crippen molar-refractivity contribution < 1.29 is 14.6 Å². The number of β-amino-alcohol motifs (C(OH)–C–C–N with tert-alkyl or cyclic N) is 1. The molecule has 3 N–H and O–H groups in total. The number of hydrogen-bond acceptors (Lipinski definition) is 6. The minimum atomic E-state index is -0.615. The second kappa shape index (κ2) is 10.2. The summed E-state index contributed by atoms with van der Waals surface area (Å²) in [6, 6.07) is 10.6. The van der Waals surface area contributed by atoms with Crippen LogP contribution >= 0.6 is 0 Å². The van der Waals surface area contributed by atoms with E-state index in [4.69, 9.17) is 4.74 Å². The molecule has 1 aromatic carbocycles. The summed E-state index contributed by atoms with van der Waals surface area (Å²) in [7, 11) is 0. The normalized spacial score (nSPS) is 18.3. The van der Waals surface area contributed by atoms with E-state index in [2.05, 4.69) is 44.8 Å². The minimum absolute atomic E-state index is 0.182. The molecule has 2 aromatic rings. The third kappa shape index (κ3) is 5.81. The number of anilines is 1. The van der Waals surface area contributed by atoms with E-state index in [0.717, 1.165) is 51.1 Å². The SMILES string of the molecule is Cc1cnc(NC2CCOCC2)cc1C(=O)NCC(O)CN1CCc2ccccc2C1. The zero-order chi connectivity index (χ0) is 21.6. The van der Waals surface area contributed by atoms with Crippen molar-refractivity contribution in [3.8, 4) is 0 Å². The Kier molecular flexibility index (Phi) is 7.17. The van der Waals surface area contributed by atoms with Gasteiger partial charge in [-0.2, -0.15) is 0 Å². The van der Waals surface area contributed by atoms with Crippen molar-refractivity contribution in [2.75, 3.05) is 38.2 Å². The number of amides is 1. The van der Waals surface area contributed by atoms with Crippen LogP contribution in [0, 0.1) is 6.92 Å². The van der Waals surface area contributed by atoms with E-state index in [0.29, 0.717) is 24.0 Å². The van der Waals surface area contributed by atoms with E-state index >= 15 is 0 Å². The van der Waals surface area contributed by atoms with E-state index in [1.54, 1.807) is 12.3 Å². The molecule has 2 aliphatic heterocycles. The van der Waals surface area contributed by atoms with Gasteiger partial charge < -0.3 is 20.5 Å². The molecule has 0 aliphatic carbocycles. The molecule has 2 aliphatic rings. The van der Waals surface area contributed by atoms with Crippen LogP contribution in [0.3, 0.4) is 0 Å². The average molecular weight is 425 g/mol. The highest BCUT2D eigenvalue weighted by molar-refractivity contribution is 5.96. The number of benzene rings is 1. The summed E-state index contributed by atoms with van der Waals surface area (Å²) in [5.41, 5.74) is 4.11. The molecule has 166 valence electrons. The number of ether oxygens (including phenoxy) is 1. The lowest BCUT2D eigenvalue weighted by atomic mass is 10.00. The van der Waals surface area contributed by atoms with Crippen LogP contribution in [0.25, 0.3) is 0 Å². The van der Waals surface area contributed by atoms with Gasteiger partial charge in [-0.3, -0.25) is 9.69 Å². The predicted molar refractivity (Wildman–Crippen MR) is 120 cm³/mol. The first kappa shape index (κ1) is 21.7. The molecule has 7 heteroatoms. The van der Waals surface area contributed by atoms with Crippen LogP contribution in [0.1, 0.15) is 39.9 Å². The van der Waals surface area contributed by atoms with Crippen LogP contribution in [0.5, 0.6) is 0 Å². The lowest BCUT2D eigenvalue weighted by Gasteiger charge is -2.30. The number of nitrogens with zero attached hydrogens (tertiary/aromatic N) is 2. The van der Waals surface area contributed by atoms with Gasteiger partial charge in [-0.1, -0.05) is 24.3 Å². The Morgan fingerprint density at radius 1 is 1.29 bits per heavy atom. The molecule has 4 rings (SSSR count). The van der Waals surface area contributed by atoms with E-state index in [-0.39, 0.29) is 12.5 Å². The van der Waals surface area contributed by atoms with Gasteiger partial charge in [-0.25, -0.2) is 4.98 Å². The molecule has 3 heterocycles. The van der Waals surface area contributed by atoms with Crippen LogP contribution < -0.4 is 10.6 Å². The van der Waals surface area contributed by atoms with Crippen molar-refractivity contribution >= 4 is 11.7 Å². The van der Waals surface area contributed by atoms with Crippen LogP contribution in [-0.2, 0) is 17.7 Å². The third-order valence-corrected chi connectivity index (χ3v) is 6.10. The van der Waals surface area contributed by atoms with Gasteiger partial charge in [0.15, 0.2) is 0 Å². The number of hydrogen-bond donors (Lipinski definition) is 3. The quantitative estimate of drug-likeness (QED) is 0.631. The molecule has 1 atom stereocenters. The van der Waals surface area contributed by atoms with Crippen LogP contribution in [0.4, 0.5) is 5.82 Å². The Labute approximate surface area is 183 Å². The maximum absolute atomic E-state index is 12.8. The molecule has 1 amide bonds. The van der Waals surface area contributed by atoms with Crippen molar-refractivity contribution in [1.82, 2.24) is 15.2 Å². The Balaban J connectivity index is 1.28. The molecule has 7 nitrogen and oxygen atoms in total. The van der Waals surface area contributed by atoms with Crippen LogP contribution in [-0.4, -0.2) is 65.9 Å². The van der Waals surface area contributed by atoms with Gasteiger partial charge >= 0.3 is 0 Å². The Morgan fingerprint density at radius 3 is 2.87 bits per heavy atom. The fourth-order valence-corrected chi connectivity index (χ4v) is 4.28. The largest absolute Gasteiger partial charge is 0.390 e. The van der Waals surface area contributed by atoms with Crippen molar-refractivity contribution in [2.45, 2.75) is 44.9 Å². The molecule has 1 unspecified atom stereocenters. The zero-order valence-electron chi connectivity index (χ0n) is 18.1. The fraction of sp³-hybridized carbons (Fsp3) is 0.500. The molecule has 1 saturated heterocycles. The number of nitrogens with one attached hydrogen (secondary N) is 2. The standard InChI is InChI=1S/C24H32N4O3/c1-17-13-25-23(27-20-7-10-31-11-8-20)12-22(17)24(30)26-14-21(29)16-28-9-6-18-4-2-3-5-19(18)15-28/h2-5,12-13,20-21,29H,6-11,14-16H2,1H3,(H,25,27)(H,26,30). The topological polar surface area (TPSA) is 86.7 Å². The second-order valence-corrected chi connectivity index (χ2v) is 8.53. The van der Waals surface area contributed by atoms with E-state index in [1.807, 2.05) is 6.92 Å². The van der Waals surface area contributed by atoms with Crippen LogP contribution in [0.2, 0.25) is 0 Å². The number of fused-ring (bicyclic) bond motifs is 1. The van der Waals surface area contributed by atoms with Crippen molar-refractivity contribution in [3.05, 3.63) is 58.8 Å². The second-order valence-electron chi connectivity index (χ2n) is 8.53.